The summed E-state index contributed by atoms with van der Waals surface area (Å²) in [6.45, 7) is 1.86. The summed E-state index contributed by atoms with van der Waals surface area (Å²) < 4.78 is 0. The van der Waals surface area contributed by atoms with Crippen LogP contribution in [0, 0.1) is 0 Å². The SMILES string of the molecule is CNCCCCCCNC(=O)Cc1ccc2ccccc2c1. The van der Waals surface area contributed by atoms with Gasteiger partial charge < -0.3 is 10.6 Å². The highest BCUT2D eigenvalue weighted by molar-refractivity contribution is 5.85. The number of nitrogens with one attached hydrogen (secondary N) is 2. The van der Waals surface area contributed by atoms with Crippen molar-refractivity contribution in [3.05, 3.63) is 48.0 Å². The molecule has 0 fully saturated rings. The van der Waals surface area contributed by atoms with Crippen molar-refractivity contribution in [2.45, 2.75) is 32.1 Å². The molecular weight excluding hydrogens is 272 g/mol. The van der Waals surface area contributed by atoms with Crippen molar-refractivity contribution in [1.82, 2.24) is 10.6 Å². The number of unbranched alkanes of at least 4 members (excludes halogenated alkanes) is 3. The molecule has 2 N–H and O–H groups in total. The zero-order valence-electron chi connectivity index (χ0n) is 13.4. The second-order valence-corrected chi connectivity index (χ2v) is 5.73. The molecule has 118 valence electrons. The Morgan fingerprint density at radius 1 is 0.909 bits per heavy atom. The molecule has 1 amide bonds. The van der Waals surface area contributed by atoms with Crippen LogP contribution in [-0.4, -0.2) is 26.0 Å². The van der Waals surface area contributed by atoms with Crippen molar-refractivity contribution in [3.8, 4) is 0 Å². The Kier molecular flexibility index (Phi) is 6.91. The van der Waals surface area contributed by atoms with E-state index in [4.69, 9.17) is 0 Å². The van der Waals surface area contributed by atoms with Gasteiger partial charge in [0.25, 0.3) is 0 Å². The number of hydrogen-bond donors (Lipinski definition) is 2. The van der Waals surface area contributed by atoms with Gasteiger partial charge in [-0.2, -0.15) is 0 Å². The zero-order valence-corrected chi connectivity index (χ0v) is 13.4. The number of carbonyl (C=O) groups is 1. The molecule has 0 aromatic heterocycles. The number of hydrogen-bond acceptors (Lipinski definition) is 2. The first-order valence-corrected chi connectivity index (χ1v) is 8.18. The lowest BCUT2D eigenvalue weighted by Gasteiger charge is -2.06. The summed E-state index contributed by atoms with van der Waals surface area (Å²) in [5.74, 6) is 0.116. The molecule has 0 saturated heterocycles. The van der Waals surface area contributed by atoms with Crippen LogP contribution in [0.1, 0.15) is 31.2 Å². The lowest BCUT2D eigenvalue weighted by molar-refractivity contribution is -0.120. The molecule has 0 spiro atoms. The molecule has 0 heterocycles. The van der Waals surface area contributed by atoms with E-state index in [1.54, 1.807) is 0 Å². The molecular formula is C19H26N2O. The molecule has 0 atom stereocenters. The van der Waals surface area contributed by atoms with E-state index in [2.05, 4.69) is 34.9 Å². The molecule has 3 nitrogen and oxygen atoms in total. The molecule has 22 heavy (non-hydrogen) atoms. The van der Waals surface area contributed by atoms with E-state index >= 15 is 0 Å². The molecule has 2 aromatic carbocycles. The Labute approximate surface area is 133 Å². The maximum Gasteiger partial charge on any atom is 0.224 e. The highest BCUT2D eigenvalue weighted by Gasteiger charge is 2.03. The molecule has 2 aromatic rings. The first-order chi connectivity index (χ1) is 10.8. The van der Waals surface area contributed by atoms with Gasteiger partial charge in [-0.1, -0.05) is 55.3 Å². The monoisotopic (exact) mass is 298 g/mol. The summed E-state index contributed by atoms with van der Waals surface area (Å²) in [6, 6.07) is 14.5. The maximum atomic E-state index is 12.0. The summed E-state index contributed by atoms with van der Waals surface area (Å²) in [7, 11) is 1.98. The lowest BCUT2D eigenvalue weighted by Crippen LogP contribution is -2.26. The van der Waals surface area contributed by atoms with Crippen molar-refractivity contribution in [3.63, 3.8) is 0 Å². The van der Waals surface area contributed by atoms with Gasteiger partial charge in [-0.3, -0.25) is 4.79 Å². The van der Waals surface area contributed by atoms with Gasteiger partial charge in [-0.25, -0.2) is 0 Å². The number of amides is 1. The van der Waals surface area contributed by atoms with Crippen LogP contribution in [0.4, 0.5) is 0 Å². The predicted octanol–water partition coefficient (Wildman–Crippen LogP) is 3.28. The highest BCUT2D eigenvalue weighted by Crippen LogP contribution is 2.15. The average Bonchev–Trinajstić information content (AvgIpc) is 2.54. The van der Waals surface area contributed by atoms with Crippen molar-refractivity contribution in [2.24, 2.45) is 0 Å². The first kappa shape index (κ1) is 16.5. The predicted molar refractivity (Wildman–Crippen MR) is 93.1 cm³/mol. The van der Waals surface area contributed by atoms with Crippen LogP contribution in [0.15, 0.2) is 42.5 Å². The molecule has 0 unspecified atom stereocenters. The minimum Gasteiger partial charge on any atom is -0.356 e. The third-order valence-electron chi connectivity index (χ3n) is 3.85. The fourth-order valence-corrected chi connectivity index (χ4v) is 2.60. The number of carbonyl (C=O) groups excluding carboxylic acids is 1. The summed E-state index contributed by atoms with van der Waals surface area (Å²) in [5.41, 5.74) is 1.07. The van der Waals surface area contributed by atoms with Gasteiger partial charge in [-0.15, -0.1) is 0 Å². The molecule has 0 saturated carbocycles. The highest BCUT2D eigenvalue weighted by atomic mass is 16.1. The Balaban J connectivity index is 1.69. The summed E-state index contributed by atoms with van der Waals surface area (Å²) in [4.78, 5) is 12.0. The topological polar surface area (TPSA) is 41.1 Å². The van der Waals surface area contributed by atoms with E-state index in [0.29, 0.717) is 6.42 Å². The van der Waals surface area contributed by atoms with E-state index < -0.39 is 0 Å². The van der Waals surface area contributed by atoms with Crippen LogP contribution >= 0.6 is 0 Å². The van der Waals surface area contributed by atoms with Crippen molar-refractivity contribution >= 4 is 16.7 Å². The average molecular weight is 298 g/mol. The number of benzene rings is 2. The summed E-state index contributed by atoms with van der Waals surface area (Å²) >= 11 is 0. The van der Waals surface area contributed by atoms with Crippen LogP contribution in [0.5, 0.6) is 0 Å². The Bertz CT molecular complexity index is 595. The molecule has 0 aliphatic heterocycles. The molecule has 2 rings (SSSR count). The minimum absolute atomic E-state index is 0.116. The van der Waals surface area contributed by atoms with Gasteiger partial charge in [0.2, 0.25) is 5.91 Å². The minimum atomic E-state index is 0.116. The number of rotatable bonds is 9. The largest absolute Gasteiger partial charge is 0.356 e. The molecule has 3 heteroatoms. The van der Waals surface area contributed by atoms with Crippen LogP contribution in [0.3, 0.4) is 0 Å². The summed E-state index contributed by atoms with van der Waals surface area (Å²) in [5, 5.41) is 8.57. The van der Waals surface area contributed by atoms with Gasteiger partial charge in [0.1, 0.15) is 0 Å². The van der Waals surface area contributed by atoms with Crippen LogP contribution < -0.4 is 10.6 Å². The van der Waals surface area contributed by atoms with Crippen LogP contribution in [0.25, 0.3) is 10.8 Å². The van der Waals surface area contributed by atoms with Gasteiger partial charge >= 0.3 is 0 Å². The van der Waals surface area contributed by atoms with E-state index in [9.17, 15) is 4.79 Å². The smallest absolute Gasteiger partial charge is 0.224 e. The van der Waals surface area contributed by atoms with Crippen LogP contribution in [-0.2, 0) is 11.2 Å². The van der Waals surface area contributed by atoms with E-state index in [-0.39, 0.29) is 5.91 Å². The van der Waals surface area contributed by atoms with Gasteiger partial charge in [0, 0.05) is 6.54 Å². The normalized spacial score (nSPS) is 10.8. The van der Waals surface area contributed by atoms with Crippen molar-refractivity contribution < 1.29 is 4.79 Å². The van der Waals surface area contributed by atoms with E-state index in [1.807, 2.05) is 25.2 Å². The van der Waals surface area contributed by atoms with E-state index in [0.717, 1.165) is 25.1 Å². The van der Waals surface area contributed by atoms with Gasteiger partial charge in [0.05, 0.1) is 6.42 Å². The van der Waals surface area contributed by atoms with Crippen LogP contribution in [0.2, 0.25) is 0 Å². The van der Waals surface area contributed by atoms with Crippen molar-refractivity contribution in [2.75, 3.05) is 20.1 Å². The quantitative estimate of drug-likeness (QED) is 0.698. The second-order valence-electron chi connectivity index (χ2n) is 5.73. The molecule has 0 radical (unpaired) electrons. The molecule has 0 aliphatic rings. The first-order valence-electron chi connectivity index (χ1n) is 8.18. The standard InChI is InChI=1S/C19H26N2O/c1-20-12-6-2-3-7-13-21-19(22)15-16-10-11-17-8-4-5-9-18(17)14-16/h4-5,8-11,14,20H,2-3,6-7,12-13,15H2,1H3,(H,21,22). The number of fused-ring (bicyclic) bond motifs is 1. The maximum absolute atomic E-state index is 12.0. The fourth-order valence-electron chi connectivity index (χ4n) is 2.60. The third-order valence-corrected chi connectivity index (χ3v) is 3.85. The molecule has 0 bridgehead atoms. The van der Waals surface area contributed by atoms with Crippen molar-refractivity contribution in [1.29, 1.82) is 0 Å². The fraction of sp³-hybridized carbons (Fsp3) is 0.421. The Hall–Kier alpha value is -1.87. The lowest BCUT2D eigenvalue weighted by atomic mass is 10.0. The zero-order chi connectivity index (χ0) is 15.6. The Morgan fingerprint density at radius 2 is 1.64 bits per heavy atom. The summed E-state index contributed by atoms with van der Waals surface area (Å²) in [6.07, 6.45) is 5.14. The van der Waals surface area contributed by atoms with Gasteiger partial charge in [0.15, 0.2) is 0 Å². The Morgan fingerprint density at radius 3 is 2.41 bits per heavy atom. The molecule has 0 aliphatic carbocycles. The van der Waals surface area contributed by atoms with E-state index in [1.165, 1.54) is 30.0 Å². The second kappa shape index (κ2) is 9.21. The third kappa shape index (κ3) is 5.49. The van der Waals surface area contributed by atoms with Gasteiger partial charge in [-0.05, 0) is 42.8 Å².